The van der Waals surface area contributed by atoms with Gasteiger partial charge in [0.05, 0.1) is 0 Å². The number of rotatable bonds is 34. The third-order valence-corrected chi connectivity index (χ3v) is 12.6. The number of hydrogen-bond acceptors (Lipinski definition) is 7. The molecule has 7 heteroatoms. The van der Waals surface area contributed by atoms with Gasteiger partial charge in [-0.05, 0) is 134 Å². The van der Waals surface area contributed by atoms with E-state index in [1.807, 2.05) is 24.8 Å². The number of nitrogens with zero attached hydrogens (tertiary/aromatic N) is 7. The van der Waals surface area contributed by atoms with E-state index in [1.54, 1.807) is 0 Å². The van der Waals surface area contributed by atoms with Gasteiger partial charge in [-0.15, -0.1) is 0 Å². The molecule has 0 saturated carbocycles. The Morgan fingerprint density at radius 2 is 0.547 bits per heavy atom. The van der Waals surface area contributed by atoms with Gasteiger partial charge in [0.1, 0.15) is 34.9 Å². The molecule has 64 heavy (non-hydrogen) atoms. The first-order valence-corrected chi connectivity index (χ1v) is 26.0. The Kier molecular flexibility index (Phi) is 24.0. The van der Waals surface area contributed by atoms with Crippen LogP contribution in [0, 0.1) is 0 Å². The molecule has 0 spiro atoms. The van der Waals surface area contributed by atoms with Gasteiger partial charge < -0.3 is 0 Å². The van der Waals surface area contributed by atoms with E-state index in [1.165, 1.54) is 176 Å². The van der Waals surface area contributed by atoms with Crippen LogP contribution in [0.5, 0.6) is 0 Å². The molecule has 5 aromatic heterocycles. The van der Waals surface area contributed by atoms with Crippen molar-refractivity contribution >= 4 is 34.9 Å². The van der Waals surface area contributed by atoms with Gasteiger partial charge in [-0.3, -0.25) is 9.80 Å². The van der Waals surface area contributed by atoms with Crippen LogP contribution in [0.15, 0.2) is 91.5 Å². The average molecular weight is 866 g/mol. The van der Waals surface area contributed by atoms with Crippen LogP contribution >= 0.6 is 0 Å². The molecule has 0 aromatic carbocycles. The zero-order valence-electron chi connectivity index (χ0n) is 40.6. The Balaban J connectivity index is 1.50. The quantitative estimate of drug-likeness (QED) is 0.0381. The molecule has 5 rings (SSSR count). The van der Waals surface area contributed by atoms with Crippen LogP contribution in [0.4, 0.5) is 34.9 Å². The first-order chi connectivity index (χ1) is 31.6. The van der Waals surface area contributed by atoms with E-state index < -0.39 is 0 Å². The Bertz CT molecular complexity index is 1740. The van der Waals surface area contributed by atoms with Gasteiger partial charge in [-0.25, -0.2) is 24.9 Å². The Morgan fingerprint density at radius 3 is 0.812 bits per heavy atom. The van der Waals surface area contributed by atoms with Gasteiger partial charge in [0.2, 0.25) is 0 Å². The fraction of sp³-hybridized carbons (Fsp3) is 0.561. The van der Waals surface area contributed by atoms with Gasteiger partial charge in [-0.1, -0.05) is 162 Å². The predicted molar refractivity (Wildman–Crippen MR) is 273 cm³/mol. The molecule has 0 fully saturated rings. The summed E-state index contributed by atoms with van der Waals surface area (Å²) in [5.41, 5.74) is 5.18. The number of unbranched alkanes of at least 4 members (excludes halogenated alkanes) is 20. The van der Waals surface area contributed by atoms with E-state index in [0.717, 1.165) is 60.6 Å². The van der Waals surface area contributed by atoms with Gasteiger partial charge in [-0.2, -0.15) is 0 Å². The fourth-order valence-corrected chi connectivity index (χ4v) is 8.76. The number of pyridine rings is 5. The van der Waals surface area contributed by atoms with Crippen LogP contribution in [0.25, 0.3) is 0 Å². The lowest BCUT2D eigenvalue weighted by Gasteiger charge is -2.26. The SMILES string of the molecule is CCCCCCCCc1ccnc(N(c2cc(CCCCCCCC)ccn2)c2cccc(N(c3cc(CCCCCCCC)ccn3)c3cc(CCCCCCCC)ccn3)n2)c1. The molecule has 0 amide bonds. The normalized spacial score (nSPS) is 11.3. The molecular formula is C57H83N7. The van der Waals surface area contributed by atoms with Gasteiger partial charge in [0.25, 0.3) is 0 Å². The van der Waals surface area contributed by atoms with E-state index in [0.29, 0.717) is 0 Å². The molecule has 0 aliphatic carbocycles. The van der Waals surface area contributed by atoms with E-state index >= 15 is 0 Å². The molecule has 5 heterocycles. The van der Waals surface area contributed by atoms with E-state index in [4.69, 9.17) is 24.9 Å². The maximum atomic E-state index is 5.51. The highest BCUT2D eigenvalue weighted by molar-refractivity contribution is 5.75. The summed E-state index contributed by atoms with van der Waals surface area (Å²) in [7, 11) is 0. The highest BCUT2D eigenvalue weighted by atomic mass is 15.3. The number of hydrogen-bond donors (Lipinski definition) is 0. The van der Waals surface area contributed by atoms with Gasteiger partial charge in [0.15, 0.2) is 0 Å². The Hall–Kier alpha value is -4.65. The van der Waals surface area contributed by atoms with Crippen LogP contribution in [-0.4, -0.2) is 24.9 Å². The average Bonchev–Trinajstić information content (AvgIpc) is 3.32. The van der Waals surface area contributed by atoms with Crippen LogP contribution < -0.4 is 9.80 Å². The second-order valence-electron chi connectivity index (χ2n) is 18.2. The third kappa shape index (κ3) is 17.7. The van der Waals surface area contributed by atoms with Crippen molar-refractivity contribution in [3.63, 3.8) is 0 Å². The summed E-state index contributed by atoms with van der Waals surface area (Å²) in [6.07, 6.45) is 42.6. The van der Waals surface area contributed by atoms with Crippen molar-refractivity contribution in [2.75, 3.05) is 9.80 Å². The second kappa shape index (κ2) is 30.5. The molecule has 0 radical (unpaired) electrons. The van der Waals surface area contributed by atoms with Crippen LogP contribution in [0.2, 0.25) is 0 Å². The molecule has 0 unspecified atom stereocenters. The summed E-state index contributed by atoms with van der Waals surface area (Å²) >= 11 is 0. The van der Waals surface area contributed by atoms with Gasteiger partial charge in [0, 0.05) is 24.8 Å². The van der Waals surface area contributed by atoms with Crippen molar-refractivity contribution in [1.29, 1.82) is 0 Å². The minimum Gasteiger partial charge on any atom is -0.262 e. The molecule has 0 aliphatic heterocycles. The fourth-order valence-electron chi connectivity index (χ4n) is 8.76. The maximum absolute atomic E-state index is 5.51. The number of aryl methyl sites for hydroxylation is 4. The summed E-state index contributed by atoms with van der Waals surface area (Å²) in [5.74, 6) is 4.87. The molecule has 346 valence electrons. The molecule has 0 saturated heterocycles. The molecule has 0 N–H and O–H groups in total. The molecular weight excluding hydrogens is 783 g/mol. The molecule has 0 aliphatic rings. The first-order valence-electron chi connectivity index (χ1n) is 26.0. The molecule has 7 nitrogen and oxygen atoms in total. The van der Waals surface area contributed by atoms with E-state index in [9.17, 15) is 0 Å². The number of aromatic nitrogens is 5. The Labute approximate surface area is 389 Å². The smallest absolute Gasteiger partial charge is 0.142 e. The second-order valence-corrected chi connectivity index (χ2v) is 18.2. The summed E-state index contributed by atoms with van der Waals surface area (Å²) in [6, 6.07) is 24.0. The summed E-state index contributed by atoms with van der Waals surface area (Å²) in [6.45, 7) is 9.13. The van der Waals surface area contributed by atoms with Crippen molar-refractivity contribution < 1.29 is 0 Å². The third-order valence-electron chi connectivity index (χ3n) is 12.6. The monoisotopic (exact) mass is 866 g/mol. The summed E-state index contributed by atoms with van der Waals surface area (Å²) in [5, 5.41) is 0. The Morgan fingerprint density at radius 1 is 0.297 bits per heavy atom. The maximum Gasteiger partial charge on any atom is 0.142 e. The standard InChI is InChI=1S/C57H83N7/c1-5-9-13-17-21-25-30-48-36-40-58-54(44-48)63(55-45-49(37-41-59-55)31-26-22-18-14-10-6-2)52-34-29-35-53(62-52)64(56-46-50(38-42-60-56)32-27-23-19-15-11-7-3)57-47-51(39-43-61-57)33-28-24-20-16-12-8-4/h29,34-47H,5-28,30-33H2,1-4H3. The predicted octanol–water partition coefficient (Wildman–Crippen LogP) is 17.2. The minimum atomic E-state index is 0.766. The molecule has 0 atom stereocenters. The lowest BCUT2D eigenvalue weighted by atomic mass is 10.1. The molecule has 0 bridgehead atoms. The van der Waals surface area contributed by atoms with Crippen LogP contribution in [-0.2, 0) is 25.7 Å². The van der Waals surface area contributed by atoms with Crippen LogP contribution in [0.3, 0.4) is 0 Å². The highest BCUT2D eigenvalue weighted by Crippen LogP contribution is 2.37. The zero-order chi connectivity index (χ0) is 44.9. The van der Waals surface area contributed by atoms with Crippen molar-refractivity contribution in [3.05, 3.63) is 114 Å². The number of anilines is 6. The van der Waals surface area contributed by atoms with Gasteiger partial charge >= 0.3 is 0 Å². The summed E-state index contributed by atoms with van der Waals surface area (Å²) in [4.78, 5) is 29.9. The minimum absolute atomic E-state index is 0.766. The van der Waals surface area contributed by atoms with Crippen molar-refractivity contribution in [2.45, 2.75) is 207 Å². The lowest BCUT2D eigenvalue weighted by molar-refractivity contribution is 0.607. The highest BCUT2D eigenvalue weighted by Gasteiger charge is 2.22. The lowest BCUT2D eigenvalue weighted by Crippen LogP contribution is -2.19. The molecule has 5 aromatic rings. The topological polar surface area (TPSA) is 70.9 Å². The van der Waals surface area contributed by atoms with Crippen molar-refractivity contribution in [3.8, 4) is 0 Å². The van der Waals surface area contributed by atoms with E-state index in [2.05, 4.69) is 104 Å². The van der Waals surface area contributed by atoms with Crippen molar-refractivity contribution in [1.82, 2.24) is 24.9 Å². The van der Waals surface area contributed by atoms with Crippen LogP contribution in [0.1, 0.15) is 204 Å². The van der Waals surface area contributed by atoms with Crippen molar-refractivity contribution in [2.24, 2.45) is 0 Å². The first kappa shape index (κ1) is 50.4. The van der Waals surface area contributed by atoms with E-state index in [-0.39, 0.29) is 0 Å². The summed E-state index contributed by atoms with van der Waals surface area (Å²) < 4.78 is 0. The largest absolute Gasteiger partial charge is 0.262 e. The zero-order valence-corrected chi connectivity index (χ0v) is 40.6.